The lowest BCUT2D eigenvalue weighted by Gasteiger charge is -2.12. The molecule has 0 amide bonds. The summed E-state index contributed by atoms with van der Waals surface area (Å²) >= 11 is 12.2. The van der Waals surface area contributed by atoms with Gasteiger partial charge in [0.1, 0.15) is 19.0 Å². The van der Waals surface area contributed by atoms with Crippen LogP contribution in [0.2, 0.25) is 10.0 Å². The number of hydrogen-bond donors (Lipinski definition) is 2. The Morgan fingerprint density at radius 1 is 0.955 bits per heavy atom. The van der Waals surface area contributed by atoms with Crippen LogP contribution in [0, 0.1) is 6.92 Å². The fourth-order valence-corrected chi connectivity index (χ4v) is 2.57. The van der Waals surface area contributed by atoms with Crippen molar-refractivity contribution >= 4 is 35.8 Å². The zero-order valence-corrected chi connectivity index (χ0v) is 13.4. The summed E-state index contributed by atoms with van der Waals surface area (Å²) < 4.78 is 11.0. The van der Waals surface area contributed by atoms with E-state index in [4.69, 9.17) is 42.7 Å². The summed E-state index contributed by atoms with van der Waals surface area (Å²) in [4.78, 5) is 0. The third-order valence-corrected chi connectivity index (χ3v) is 3.48. The molecule has 2 N–H and O–H groups in total. The van der Waals surface area contributed by atoms with Gasteiger partial charge in [-0.25, -0.2) is 0 Å². The second-order valence-electron chi connectivity index (χ2n) is 4.70. The molecular formula is C15H15BCl2O4. The van der Waals surface area contributed by atoms with Crippen molar-refractivity contribution in [2.24, 2.45) is 0 Å². The van der Waals surface area contributed by atoms with Gasteiger partial charge in [0.2, 0.25) is 0 Å². The van der Waals surface area contributed by atoms with Gasteiger partial charge in [0, 0.05) is 0 Å². The van der Waals surface area contributed by atoms with Gasteiger partial charge in [-0.15, -0.1) is 0 Å². The van der Waals surface area contributed by atoms with Crippen molar-refractivity contribution < 1.29 is 19.5 Å². The third kappa shape index (κ3) is 4.55. The summed E-state index contributed by atoms with van der Waals surface area (Å²) in [5.74, 6) is 1.05. The normalized spacial score (nSPS) is 10.4. The summed E-state index contributed by atoms with van der Waals surface area (Å²) in [6.45, 7) is 2.49. The van der Waals surface area contributed by atoms with E-state index in [0.29, 0.717) is 33.6 Å². The number of hydrogen-bond acceptors (Lipinski definition) is 4. The van der Waals surface area contributed by atoms with E-state index in [1.54, 1.807) is 36.4 Å². The Balaban J connectivity index is 1.85. The molecule has 0 aliphatic heterocycles. The fourth-order valence-electron chi connectivity index (χ4n) is 1.86. The van der Waals surface area contributed by atoms with Crippen LogP contribution in [0.5, 0.6) is 11.5 Å². The Labute approximate surface area is 139 Å². The summed E-state index contributed by atoms with van der Waals surface area (Å²) in [7, 11) is -1.48. The zero-order valence-electron chi connectivity index (χ0n) is 11.9. The molecule has 7 heteroatoms. The number of rotatable bonds is 6. The molecule has 22 heavy (non-hydrogen) atoms. The van der Waals surface area contributed by atoms with Crippen molar-refractivity contribution in [1.29, 1.82) is 0 Å². The van der Waals surface area contributed by atoms with Gasteiger partial charge in [-0.1, -0.05) is 35.3 Å². The zero-order chi connectivity index (χ0) is 16.1. The van der Waals surface area contributed by atoms with Crippen LogP contribution in [-0.4, -0.2) is 30.4 Å². The molecular weight excluding hydrogens is 326 g/mol. The Kier molecular flexibility index (Phi) is 5.97. The SMILES string of the molecule is Cc1cc(Cl)c(OCCOc2ccc(B(O)O)cc2)c(Cl)c1. The van der Waals surface area contributed by atoms with E-state index in [-0.39, 0.29) is 6.61 Å². The predicted molar refractivity (Wildman–Crippen MR) is 88.5 cm³/mol. The van der Waals surface area contributed by atoms with E-state index in [1.165, 1.54) is 0 Å². The van der Waals surface area contributed by atoms with Gasteiger partial charge in [-0.05, 0) is 42.2 Å². The standard InChI is InChI=1S/C15H15BCl2O4/c1-10-8-13(17)15(14(18)9-10)22-7-6-21-12-4-2-11(3-5-12)16(19)20/h2-5,8-9,19-20H,6-7H2,1H3. The highest BCUT2D eigenvalue weighted by Gasteiger charge is 2.10. The number of ether oxygens (including phenoxy) is 2. The van der Waals surface area contributed by atoms with Crippen molar-refractivity contribution in [2.75, 3.05) is 13.2 Å². The van der Waals surface area contributed by atoms with Gasteiger partial charge in [0.15, 0.2) is 5.75 Å². The highest BCUT2D eigenvalue weighted by Crippen LogP contribution is 2.33. The van der Waals surface area contributed by atoms with Crippen molar-refractivity contribution in [1.82, 2.24) is 0 Å². The minimum Gasteiger partial charge on any atom is -0.490 e. The van der Waals surface area contributed by atoms with Crippen LogP contribution in [0.3, 0.4) is 0 Å². The minimum atomic E-state index is -1.48. The van der Waals surface area contributed by atoms with E-state index in [0.717, 1.165) is 5.56 Å². The largest absolute Gasteiger partial charge is 0.490 e. The maximum absolute atomic E-state index is 9.00. The number of aryl methyl sites for hydroxylation is 1. The maximum atomic E-state index is 9.00. The van der Waals surface area contributed by atoms with Crippen LogP contribution in [0.4, 0.5) is 0 Å². The van der Waals surface area contributed by atoms with E-state index in [2.05, 4.69) is 0 Å². The topological polar surface area (TPSA) is 58.9 Å². The van der Waals surface area contributed by atoms with Gasteiger partial charge in [-0.3, -0.25) is 0 Å². The minimum absolute atomic E-state index is 0.285. The lowest BCUT2D eigenvalue weighted by atomic mass is 9.80. The molecule has 0 saturated heterocycles. The first-order valence-electron chi connectivity index (χ1n) is 6.64. The highest BCUT2D eigenvalue weighted by atomic mass is 35.5. The molecule has 0 bridgehead atoms. The van der Waals surface area contributed by atoms with Gasteiger partial charge in [0.05, 0.1) is 10.0 Å². The van der Waals surface area contributed by atoms with E-state index < -0.39 is 7.12 Å². The molecule has 0 aliphatic carbocycles. The van der Waals surface area contributed by atoms with Gasteiger partial charge in [0.25, 0.3) is 0 Å². The Morgan fingerprint density at radius 3 is 2.05 bits per heavy atom. The quantitative estimate of drug-likeness (QED) is 0.626. The summed E-state index contributed by atoms with van der Waals surface area (Å²) in [5.41, 5.74) is 1.37. The van der Waals surface area contributed by atoms with Crippen molar-refractivity contribution in [3.05, 3.63) is 52.0 Å². The molecule has 0 spiro atoms. The molecule has 2 aromatic carbocycles. The summed E-state index contributed by atoms with van der Waals surface area (Å²) in [6.07, 6.45) is 0. The predicted octanol–water partition coefficient (Wildman–Crippen LogP) is 2.44. The van der Waals surface area contributed by atoms with Gasteiger partial charge >= 0.3 is 7.12 Å². The molecule has 0 aromatic heterocycles. The average Bonchev–Trinajstić information content (AvgIpc) is 2.46. The Hall–Kier alpha value is -1.40. The molecule has 116 valence electrons. The van der Waals surface area contributed by atoms with E-state index in [9.17, 15) is 0 Å². The molecule has 2 aromatic rings. The molecule has 0 heterocycles. The first kappa shape index (κ1) is 17.0. The third-order valence-electron chi connectivity index (χ3n) is 2.92. The molecule has 0 unspecified atom stereocenters. The van der Waals surface area contributed by atoms with Gasteiger partial charge < -0.3 is 19.5 Å². The van der Waals surface area contributed by atoms with Crippen molar-refractivity contribution in [3.8, 4) is 11.5 Å². The monoisotopic (exact) mass is 340 g/mol. The smallest absolute Gasteiger partial charge is 0.488 e. The van der Waals surface area contributed by atoms with Crippen LogP contribution < -0.4 is 14.9 Å². The lowest BCUT2D eigenvalue weighted by Crippen LogP contribution is -2.29. The molecule has 0 atom stereocenters. The van der Waals surface area contributed by atoms with Crippen molar-refractivity contribution in [3.63, 3.8) is 0 Å². The second kappa shape index (κ2) is 7.74. The van der Waals surface area contributed by atoms with Gasteiger partial charge in [-0.2, -0.15) is 0 Å². The summed E-state index contributed by atoms with van der Waals surface area (Å²) in [6, 6.07) is 10.0. The molecule has 4 nitrogen and oxygen atoms in total. The van der Waals surface area contributed by atoms with E-state index in [1.807, 2.05) is 6.92 Å². The lowest BCUT2D eigenvalue weighted by molar-refractivity contribution is 0.217. The molecule has 0 radical (unpaired) electrons. The summed E-state index contributed by atoms with van der Waals surface area (Å²) in [5, 5.41) is 18.9. The molecule has 0 saturated carbocycles. The Morgan fingerprint density at radius 2 is 1.50 bits per heavy atom. The second-order valence-corrected chi connectivity index (χ2v) is 5.51. The van der Waals surface area contributed by atoms with Crippen molar-refractivity contribution in [2.45, 2.75) is 6.92 Å². The maximum Gasteiger partial charge on any atom is 0.488 e. The number of benzene rings is 2. The molecule has 0 aliphatic rings. The van der Waals surface area contributed by atoms with Crippen LogP contribution in [-0.2, 0) is 0 Å². The van der Waals surface area contributed by atoms with Crippen LogP contribution >= 0.6 is 23.2 Å². The average molecular weight is 341 g/mol. The molecule has 2 rings (SSSR count). The first-order chi connectivity index (χ1) is 10.5. The van der Waals surface area contributed by atoms with Crippen LogP contribution in [0.1, 0.15) is 5.56 Å². The Bertz CT molecular complexity index is 609. The highest BCUT2D eigenvalue weighted by molar-refractivity contribution is 6.58. The van der Waals surface area contributed by atoms with E-state index >= 15 is 0 Å². The van der Waals surface area contributed by atoms with Crippen LogP contribution in [0.25, 0.3) is 0 Å². The molecule has 0 fully saturated rings. The van der Waals surface area contributed by atoms with Crippen LogP contribution in [0.15, 0.2) is 36.4 Å². The first-order valence-corrected chi connectivity index (χ1v) is 7.40. The fraction of sp³-hybridized carbons (Fsp3) is 0.200. The number of halogens is 2.